The predicted molar refractivity (Wildman–Crippen MR) is 87.0 cm³/mol. The van der Waals surface area contributed by atoms with E-state index in [9.17, 15) is 4.79 Å². The lowest BCUT2D eigenvalue weighted by molar-refractivity contribution is -0.00771. The van der Waals surface area contributed by atoms with Crippen LogP contribution in [-0.4, -0.2) is 36.3 Å². The Labute approximate surface area is 137 Å². The quantitative estimate of drug-likeness (QED) is 0.765. The Bertz CT molecular complexity index is 490. The van der Waals surface area contributed by atoms with Crippen LogP contribution in [0.3, 0.4) is 0 Å². The van der Waals surface area contributed by atoms with Crippen LogP contribution in [0.2, 0.25) is 5.02 Å². The molecule has 2 rings (SSSR count). The van der Waals surface area contributed by atoms with E-state index in [2.05, 4.69) is 0 Å². The van der Waals surface area contributed by atoms with Crippen LogP contribution in [0.5, 0.6) is 0 Å². The summed E-state index contributed by atoms with van der Waals surface area (Å²) in [5.74, 6) is 0.512. The summed E-state index contributed by atoms with van der Waals surface area (Å²) in [5.41, 5.74) is 0.692. The standard InChI is InChI=1S/C17H24ClNO3/c1-17(2,3)22-16(20)19-10-14(11-19)8-9-21-12-13-4-6-15(18)7-5-13/h4-7,14H,8-12H2,1-3H3. The zero-order valence-electron chi connectivity index (χ0n) is 13.5. The highest BCUT2D eigenvalue weighted by atomic mass is 35.5. The summed E-state index contributed by atoms with van der Waals surface area (Å²) in [6.45, 7) is 8.47. The minimum atomic E-state index is -0.427. The molecule has 0 unspecified atom stereocenters. The number of amides is 1. The van der Waals surface area contributed by atoms with Gasteiger partial charge in [-0.15, -0.1) is 0 Å². The summed E-state index contributed by atoms with van der Waals surface area (Å²) in [5, 5.41) is 0.737. The molecule has 5 heteroatoms. The van der Waals surface area contributed by atoms with Gasteiger partial charge in [-0.2, -0.15) is 0 Å². The number of hydrogen-bond donors (Lipinski definition) is 0. The van der Waals surface area contributed by atoms with Crippen molar-refractivity contribution in [2.45, 2.75) is 39.4 Å². The Hall–Kier alpha value is -1.26. The minimum absolute atomic E-state index is 0.217. The molecule has 1 aromatic rings. The van der Waals surface area contributed by atoms with Crippen LogP contribution in [0.4, 0.5) is 4.79 Å². The number of ether oxygens (including phenoxy) is 2. The molecular formula is C17H24ClNO3. The van der Waals surface area contributed by atoms with Crippen molar-refractivity contribution in [3.8, 4) is 0 Å². The summed E-state index contributed by atoms with van der Waals surface area (Å²) in [4.78, 5) is 13.5. The summed E-state index contributed by atoms with van der Waals surface area (Å²) in [7, 11) is 0. The number of benzene rings is 1. The van der Waals surface area contributed by atoms with Crippen molar-refractivity contribution < 1.29 is 14.3 Å². The SMILES string of the molecule is CC(C)(C)OC(=O)N1CC(CCOCc2ccc(Cl)cc2)C1. The van der Waals surface area contributed by atoms with Gasteiger partial charge in [0.2, 0.25) is 0 Å². The van der Waals surface area contributed by atoms with Crippen LogP contribution in [0.15, 0.2) is 24.3 Å². The van der Waals surface area contributed by atoms with Crippen molar-refractivity contribution in [1.82, 2.24) is 4.90 Å². The van der Waals surface area contributed by atoms with Crippen molar-refractivity contribution in [3.63, 3.8) is 0 Å². The van der Waals surface area contributed by atoms with Crippen LogP contribution in [0, 0.1) is 5.92 Å². The molecule has 1 aliphatic rings. The largest absolute Gasteiger partial charge is 0.444 e. The highest BCUT2D eigenvalue weighted by molar-refractivity contribution is 6.30. The summed E-state index contributed by atoms with van der Waals surface area (Å²) >= 11 is 5.84. The summed E-state index contributed by atoms with van der Waals surface area (Å²) in [6.07, 6.45) is 0.748. The Kier molecular flexibility index (Phi) is 5.70. The van der Waals surface area contributed by atoms with Crippen LogP contribution >= 0.6 is 11.6 Å². The lowest BCUT2D eigenvalue weighted by atomic mass is 9.97. The third kappa shape index (κ3) is 5.50. The second-order valence-corrected chi connectivity index (χ2v) is 7.16. The molecule has 1 aliphatic heterocycles. The van der Waals surface area contributed by atoms with Gasteiger partial charge in [-0.25, -0.2) is 4.79 Å². The molecule has 1 fully saturated rings. The van der Waals surface area contributed by atoms with Crippen LogP contribution in [-0.2, 0) is 16.1 Å². The number of nitrogens with zero attached hydrogens (tertiary/aromatic N) is 1. The number of carbonyl (C=O) groups is 1. The third-order valence-electron chi connectivity index (χ3n) is 3.46. The van der Waals surface area contributed by atoms with Crippen molar-refractivity contribution in [3.05, 3.63) is 34.9 Å². The Balaban J connectivity index is 1.57. The average molecular weight is 326 g/mol. The Morgan fingerprint density at radius 2 is 1.91 bits per heavy atom. The van der Waals surface area contributed by atoms with Gasteiger partial charge in [0.25, 0.3) is 0 Å². The molecule has 1 amide bonds. The first-order valence-corrected chi connectivity index (χ1v) is 8.01. The van der Waals surface area contributed by atoms with E-state index < -0.39 is 5.60 Å². The maximum atomic E-state index is 11.8. The van der Waals surface area contributed by atoms with Gasteiger partial charge >= 0.3 is 6.09 Å². The van der Waals surface area contributed by atoms with Crippen LogP contribution in [0.1, 0.15) is 32.8 Å². The van der Waals surface area contributed by atoms with Gasteiger partial charge < -0.3 is 14.4 Å². The van der Waals surface area contributed by atoms with Gasteiger partial charge in [-0.05, 0) is 50.8 Å². The van der Waals surface area contributed by atoms with Crippen molar-refractivity contribution in [2.75, 3.05) is 19.7 Å². The van der Waals surface area contributed by atoms with Crippen molar-refractivity contribution >= 4 is 17.7 Å². The number of hydrogen-bond acceptors (Lipinski definition) is 3. The zero-order valence-corrected chi connectivity index (χ0v) is 14.2. The average Bonchev–Trinajstić information content (AvgIpc) is 2.36. The van der Waals surface area contributed by atoms with Crippen LogP contribution < -0.4 is 0 Å². The van der Waals surface area contributed by atoms with E-state index in [-0.39, 0.29) is 6.09 Å². The lowest BCUT2D eigenvalue weighted by Crippen LogP contribution is -2.51. The zero-order chi connectivity index (χ0) is 16.2. The lowest BCUT2D eigenvalue weighted by Gasteiger charge is -2.39. The highest BCUT2D eigenvalue weighted by Crippen LogP contribution is 2.22. The predicted octanol–water partition coefficient (Wildman–Crippen LogP) is 4.11. The van der Waals surface area contributed by atoms with Gasteiger partial charge in [0.1, 0.15) is 5.60 Å². The van der Waals surface area contributed by atoms with Crippen molar-refractivity contribution in [1.29, 1.82) is 0 Å². The molecule has 0 bridgehead atoms. The van der Waals surface area contributed by atoms with E-state index in [1.54, 1.807) is 4.90 Å². The van der Waals surface area contributed by atoms with E-state index >= 15 is 0 Å². The van der Waals surface area contributed by atoms with Gasteiger partial charge in [0.15, 0.2) is 0 Å². The second kappa shape index (κ2) is 7.34. The number of halogens is 1. The fourth-order valence-corrected chi connectivity index (χ4v) is 2.37. The van der Waals surface area contributed by atoms with Crippen LogP contribution in [0.25, 0.3) is 0 Å². The molecule has 0 aliphatic carbocycles. The Morgan fingerprint density at radius 1 is 1.27 bits per heavy atom. The molecule has 0 spiro atoms. The highest BCUT2D eigenvalue weighted by Gasteiger charge is 2.33. The van der Waals surface area contributed by atoms with Crippen molar-refractivity contribution in [2.24, 2.45) is 5.92 Å². The second-order valence-electron chi connectivity index (χ2n) is 6.72. The number of carbonyl (C=O) groups excluding carboxylic acids is 1. The molecule has 1 aromatic carbocycles. The van der Waals surface area contributed by atoms with E-state index in [1.165, 1.54) is 0 Å². The first-order chi connectivity index (χ1) is 10.3. The summed E-state index contributed by atoms with van der Waals surface area (Å²) < 4.78 is 11.0. The van der Waals surface area contributed by atoms with Gasteiger partial charge in [-0.1, -0.05) is 23.7 Å². The molecule has 122 valence electrons. The first kappa shape index (κ1) is 17.1. The van der Waals surface area contributed by atoms with Gasteiger partial charge in [0.05, 0.1) is 6.61 Å². The van der Waals surface area contributed by atoms with Gasteiger partial charge in [-0.3, -0.25) is 0 Å². The molecule has 0 radical (unpaired) electrons. The Morgan fingerprint density at radius 3 is 2.50 bits per heavy atom. The molecule has 1 heterocycles. The van der Waals surface area contributed by atoms with E-state index in [0.29, 0.717) is 19.1 Å². The number of rotatable bonds is 5. The molecule has 1 saturated heterocycles. The van der Waals surface area contributed by atoms with Gasteiger partial charge in [0, 0.05) is 24.7 Å². The molecule has 0 saturated carbocycles. The van der Waals surface area contributed by atoms with E-state index in [0.717, 1.165) is 30.1 Å². The fraction of sp³-hybridized carbons (Fsp3) is 0.588. The summed E-state index contributed by atoms with van der Waals surface area (Å²) in [6, 6.07) is 7.67. The minimum Gasteiger partial charge on any atom is -0.444 e. The molecular weight excluding hydrogens is 302 g/mol. The molecule has 0 atom stereocenters. The first-order valence-electron chi connectivity index (χ1n) is 7.63. The third-order valence-corrected chi connectivity index (χ3v) is 3.71. The smallest absolute Gasteiger partial charge is 0.410 e. The number of likely N-dealkylation sites (tertiary alicyclic amines) is 1. The molecule has 0 aromatic heterocycles. The maximum absolute atomic E-state index is 11.8. The maximum Gasteiger partial charge on any atom is 0.410 e. The molecule has 0 N–H and O–H groups in total. The fourth-order valence-electron chi connectivity index (χ4n) is 2.25. The van der Waals surface area contributed by atoms with E-state index in [4.69, 9.17) is 21.1 Å². The molecule has 22 heavy (non-hydrogen) atoms. The monoisotopic (exact) mass is 325 g/mol. The normalized spacial score (nSPS) is 15.5. The topological polar surface area (TPSA) is 38.8 Å². The molecule has 4 nitrogen and oxygen atoms in total. The van der Waals surface area contributed by atoms with E-state index in [1.807, 2.05) is 45.0 Å².